The highest BCUT2D eigenvalue weighted by Crippen LogP contribution is 2.25. The predicted octanol–water partition coefficient (Wildman–Crippen LogP) is 3.23. The number of nitrogens with one attached hydrogen (secondary N) is 2. The van der Waals surface area contributed by atoms with Gasteiger partial charge in [0.1, 0.15) is 0 Å². The number of carbonyl (C=O) groups excluding carboxylic acids is 1. The van der Waals surface area contributed by atoms with Crippen LogP contribution >= 0.6 is 15.9 Å². The number of anilines is 1. The van der Waals surface area contributed by atoms with Gasteiger partial charge in [-0.05, 0) is 47.3 Å². The van der Waals surface area contributed by atoms with Crippen LogP contribution in [-0.4, -0.2) is 18.5 Å². The Morgan fingerprint density at radius 1 is 1.39 bits per heavy atom. The predicted molar refractivity (Wildman–Crippen MR) is 77.8 cm³/mol. The lowest BCUT2D eigenvalue weighted by atomic mass is 10.2. The molecule has 0 saturated heterocycles. The first kappa shape index (κ1) is 13.4. The Hall–Kier alpha value is -1.03. The lowest BCUT2D eigenvalue weighted by molar-refractivity contribution is -0.120. The molecular weight excluding hydrogens is 292 g/mol. The average molecular weight is 311 g/mol. The van der Waals surface area contributed by atoms with Gasteiger partial charge in [-0.2, -0.15) is 0 Å². The Morgan fingerprint density at radius 3 is 2.83 bits per heavy atom. The van der Waals surface area contributed by atoms with Crippen LogP contribution in [0.2, 0.25) is 0 Å². The summed E-state index contributed by atoms with van der Waals surface area (Å²) >= 11 is 3.52. The second-order valence-corrected chi connectivity index (χ2v) is 5.63. The van der Waals surface area contributed by atoms with Gasteiger partial charge in [0.15, 0.2) is 0 Å². The molecule has 1 aliphatic rings. The van der Waals surface area contributed by atoms with E-state index in [2.05, 4.69) is 26.6 Å². The molecule has 1 aromatic rings. The van der Waals surface area contributed by atoms with E-state index in [1.165, 1.54) is 12.8 Å². The van der Waals surface area contributed by atoms with Gasteiger partial charge in [0.25, 0.3) is 0 Å². The minimum atomic E-state index is 0.0790. The Balaban J connectivity index is 1.83. The zero-order valence-corrected chi connectivity index (χ0v) is 12.2. The maximum Gasteiger partial charge on any atom is 0.239 e. The number of benzene rings is 1. The fourth-order valence-electron chi connectivity index (χ4n) is 2.31. The molecule has 0 aliphatic heterocycles. The highest BCUT2D eigenvalue weighted by atomic mass is 79.9. The van der Waals surface area contributed by atoms with Crippen LogP contribution in [0.15, 0.2) is 22.7 Å². The van der Waals surface area contributed by atoms with E-state index in [0.29, 0.717) is 12.6 Å². The van der Waals surface area contributed by atoms with Gasteiger partial charge in [-0.15, -0.1) is 0 Å². The second-order valence-electron chi connectivity index (χ2n) is 4.84. The minimum absolute atomic E-state index is 0.0790. The van der Waals surface area contributed by atoms with Crippen molar-refractivity contribution in [3.63, 3.8) is 0 Å². The first-order valence-electron chi connectivity index (χ1n) is 6.45. The number of hydrogen-bond donors (Lipinski definition) is 2. The van der Waals surface area contributed by atoms with E-state index in [0.717, 1.165) is 28.6 Å². The molecule has 2 rings (SSSR count). The zero-order valence-electron chi connectivity index (χ0n) is 10.6. The van der Waals surface area contributed by atoms with Crippen LogP contribution in [0.25, 0.3) is 0 Å². The molecule has 0 aromatic heterocycles. The van der Waals surface area contributed by atoms with Gasteiger partial charge >= 0.3 is 0 Å². The van der Waals surface area contributed by atoms with E-state index < -0.39 is 0 Å². The first-order valence-corrected chi connectivity index (χ1v) is 7.24. The van der Waals surface area contributed by atoms with E-state index in [4.69, 9.17) is 0 Å². The second kappa shape index (κ2) is 6.23. The average Bonchev–Trinajstić information content (AvgIpc) is 2.84. The summed E-state index contributed by atoms with van der Waals surface area (Å²) in [6.07, 6.45) is 4.73. The number of carbonyl (C=O) groups is 1. The Kier molecular flexibility index (Phi) is 4.64. The van der Waals surface area contributed by atoms with Gasteiger partial charge in [0, 0.05) is 16.2 Å². The summed E-state index contributed by atoms with van der Waals surface area (Å²) < 4.78 is 1.03. The summed E-state index contributed by atoms with van der Waals surface area (Å²) in [7, 11) is 0. The molecule has 1 aromatic carbocycles. The van der Waals surface area contributed by atoms with Gasteiger partial charge in [-0.3, -0.25) is 4.79 Å². The van der Waals surface area contributed by atoms with Gasteiger partial charge < -0.3 is 10.6 Å². The number of halogens is 1. The molecule has 0 spiro atoms. The van der Waals surface area contributed by atoms with Crippen molar-refractivity contribution >= 4 is 27.5 Å². The van der Waals surface area contributed by atoms with Crippen molar-refractivity contribution in [2.75, 3.05) is 11.9 Å². The van der Waals surface area contributed by atoms with Crippen LogP contribution in [0.1, 0.15) is 31.2 Å². The monoisotopic (exact) mass is 310 g/mol. The van der Waals surface area contributed by atoms with Gasteiger partial charge in [0.05, 0.1) is 6.54 Å². The van der Waals surface area contributed by atoms with Gasteiger partial charge in [0.2, 0.25) is 5.91 Å². The van der Waals surface area contributed by atoms with Crippen LogP contribution in [0, 0.1) is 6.92 Å². The third kappa shape index (κ3) is 3.48. The summed E-state index contributed by atoms with van der Waals surface area (Å²) in [6.45, 7) is 2.37. The molecule has 1 aliphatic carbocycles. The van der Waals surface area contributed by atoms with Crippen LogP contribution in [0.3, 0.4) is 0 Å². The van der Waals surface area contributed by atoms with E-state index in [1.807, 2.05) is 25.1 Å². The molecule has 0 unspecified atom stereocenters. The Bertz CT molecular complexity index is 428. The smallest absolute Gasteiger partial charge is 0.239 e. The molecule has 4 heteroatoms. The Labute approximate surface area is 116 Å². The van der Waals surface area contributed by atoms with E-state index in [-0.39, 0.29) is 5.91 Å². The zero-order chi connectivity index (χ0) is 13.0. The van der Waals surface area contributed by atoms with Crippen molar-refractivity contribution in [1.82, 2.24) is 5.32 Å². The third-order valence-electron chi connectivity index (χ3n) is 3.35. The largest absolute Gasteiger partial charge is 0.375 e. The molecule has 0 heterocycles. The van der Waals surface area contributed by atoms with E-state index in [1.54, 1.807) is 0 Å². The molecule has 2 N–H and O–H groups in total. The molecule has 0 atom stereocenters. The van der Waals surface area contributed by atoms with E-state index in [9.17, 15) is 4.79 Å². The van der Waals surface area contributed by atoms with Crippen molar-refractivity contribution < 1.29 is 4.79 Å². The van der Waals surface area contributed by atoms with Gasteiger partial charge in [-0.1, -0.05) is 25.0 Å². The molecule has 0 bridgehead atoms. The molecule has 1 amide bonds. The van der Waals surface area contributed by atoms with Crippen LogP contribution in [-0.2, 0) is 4.79 Å². The number of hydrogen-bond acceptors (Lipinski definition) is 2. The summed E-state index contributed by atoms with van der Waals surface area (Å²) in [5.41, 5.74) is 2.13. The maximum atomic E-state index is 11.8. The molecule has 3 nitrogen and oxygen atoms in total. The van der Waals surface area contributed by atoms with E-state index >= 15 is 0 Å². The van der Waals surface area contributed by atoms with Crippen molar-refractivity contribution in [2.45, 2.75) is 38.6 Å². The summed E-state index contributed by atoms with van der Waals surface area (Å²) in [5.74, 6) is 0.0790. The fourth-order valence-corrected chi connectivity index (χ4v) is 2.71. The SMILES string of the molecule is Cc1cccc(NCC(=O)NC2CCCC2)c1Br. The van der Waals surface area contributed by atoms with Crippen molar-refractivity contribution in [3.05, 3.63) is 28.2 Å². The highest BCUT2D eigenvalue weighted by molar-refractivity contribution is 9.10. The van der Waals surface area contributed by atoms with Crippen LogP contribution in [0.5, 0.6) is 0 Å². The molecule has 1 fully saturated rings. The lowest BCUT2D eigenvalue weighted by Crippen LogP contribution is -2.36. The lowest BCUT2D eigenvalue weighted by Gasteiger charge is -2.14. The fraction of sp³-hybridized carbons (Fsp3) is 0.500. The summed E-state index contributed by atoms with van der Waals surface area (Å²) in [4.78, 5) is 11.8. The molecule has 1 saturated carbocycles. The van der Waals surface area contributed by atoms with Crippen LogP contribution < -0.4 is 10.6 Å². The Morgan fingerprint density at radius 2 is 2.11 bits per heavy atom. The summed E-state index contributed by atoms with van der Waals surface area (Å²) in [5, 5.41) is 6.24. The van der Waals surface area contributed by atoms with Gasteiger partial charge in [-0.25, -0.2) is 0 Å². The summed E-state index contributed by atoms with van der Waals surface area (Å²) in [6, 6.07) is 6.38. The van der Waals surface area contributed by atoms with Crippen molar-refractivity contribution in [1.29, 1.82) is 0 Å². The van der Waals surface area contributed by atoms with Crippen molar-refractivity contribution in [2.24, 2.45) is 0 Å². The molecule has 18 heavy (non-hydrogen) atoms. The number of aryl methyl sites for hydroxylation is 1. The number of rotatable bonds is 4. The number of amides is 1. The third-order valence-corrected chi connectivity index (χ3v) is 4.40. The minimum Gasteiger partial charge on any atom is -0.375 e. The topological polar surface area (TPSA) is 41.1 Å². The molecule has 0 radical (unpaired) electrons. The standard InChI is InChI=1S/C14H19BrN2O/c1-10-5-4-8-12(14(10)15)16-9-13(18)17-11-6-2-3-7-11/h4-5,8,11,16H,2-3,6-7,9H2,1H3,(H,17,18). The first-order chi connectivity index (χ1) is 8.66. The van der Waals surface area contributed by atoms with Crippen LogP contribution in [0.4, 0.5) is 5.69 Å². The molecular formula is C14H19BrN2O. The normalized spacial score (nSPS) is 15.7. The molecule has 98 valence electrons. The highest BCUT2D eigenvalue weighted by Gasteiger charge is 2.16. The van der Waals surface area contributed by atoms with Crippen molar-refractivity contribution in [3.8, 4) is 0 Å². The quantitative estimate of drug-likeness (QED) is 0.896. The maximum absolute atomic E-state index is 11.8.